The molecule has 1 aliphatic heterocycles. The van der Waals surface area contributed by atoms with Gasteiger partial charge in [0.25, 0.3) is 5.91 Å². The highest BCUT2D eigenvalue weighted by molar-refractivity contribution is 6.29. The van der Waals surface area contributed by atoms with Gasteiger partial charge in [-0.2, -0.15) is 0 Å². The molecule has 1 fully saturated rings. The highest BCUT2D eigenvalue weighted by Gasteiger charge is 2.13. The van der Waals surface area contributed by atoms with Gasteiger partial charge in [0, 0.05) is 19.3 Å². The van der Waals surface area contributed by atoms with Crippen molar-refractivity contribution >= 4 is 29.0 Å². The Kier molecular flexibility index (Phi) is 4.01. The number of hydrogen-bond donors (Lipinski definition) is 1. The van der Waals surface area contributed by atoms with Crippen LogP contribution in [0, 0.1) is 0 Å². The van der Waals surface area contributed by atoms with Gasteiger partial charge in [-0.3, -0.25) is 4.79 Å². The molecule has 1 N–H and O–H groups in total. The quantitative estimate of drug-likeness (QED) is 0.886. The maximum absolute atomic E-state index is 12.0. The summed E-state index contributed by atoms with van der Waals surface area (Å²) in [6, 6.07) is 7.02. The third-order valence-electron chi connectivity index (χ3n) is 3.43. The minimum Gasteiger partial charge on any atom is -0.357 e. The van der Waals surface area contributed by atoms with Gasteiger partial charge >= 0.3 is 0 Å². The number of carbonyl (C=O) groups excluding carboxylic acids is 1. The van der Waals surface area contributed by atoms with E-state index in [0.717, 1.165) is 18.9 Å². The molecular formula is C15H15ClN4O. The average Bonchev–Trinajstić information content (AvgIpc) is 3.03. The number of aromatic nitrogens is 2. The summed E-state index contributed by atoms with van der Waals surface area (Å²) in [5.41, 5.74) is 1.13. The van der Waals surface area contributed by atoms with Crippen LogP contribution in [-0.2, 0) is 0 Å². The lowest BCUT2D eigenvalue weighted by Gasteiger charge is -2.16. The maximum Gasteiger partial charge on any atom is 0.257 e. The average molecular weight is 303 g/mol. The molecular weight excluding hydrogens is 288 g/mol. The lowest BCUT2D eigenvalue weighted by atomic mass is 10.2. The van der Waals surface area contributed by atoms with E-state index < -0.39 is 0 Å². The minimum atomic E-state index is -0.227. The summed E-state index contributed by atoms with van der Waals surface area (Å²) in [6.07, 6.45) is 5.55. The number of hydrogen-bond acceptors (Lipinski definition) is 4. The highest BCUT2D eigenvalue weighted by atomic mass is 35.5. The molecule has 0 aromatic carbocycles. The summed E-state index contributed by atoms with van der Waals surface area (Å²) >= 11 is 5.70. The molecule has 21 heavy (non-hydrogen) atoms. The number of nitrogens with one attached hydrogen (secondary N) is 1. The topological polar surface area (TPSA) is 58.1 Å². The van der Waals surface area contributed by atoms with Crippen LogP contribution in [0.25, 0.3) is 0 Å². The van der Waals surface area contributed by atoms with Crippen LogP contribution in [0.5, 0.6) is 0 Å². The Morgan fingerprint density at radius 3 is 2.52 bits per heavy atom. The number of halogens is 1. The van der Waals surface area contributed by atoms with Crippen molar-refractivity contribution in [1.82, 2.24) is 9.97 Å². The SMILES string of the molecule is O=C(Nc1ccc(N2CCCC2)nc1)c1ccc(Cl)nc1. The van der Waals surface area contributed by atoms with Crippen LogP contribution in [0.2, 0.25) is 5.15 Å². The lowest BCUT2D eigenvalue weighted by molar-refractivity contribution is 0.102. The number of rotatable bonds is 3. The molecule has 0 radical (unpaired) electrons. The summed E-state index contributed by atoms with van der Waals surface area (Å²) in [7, 11) is 0. The molecule has 0 unspecified atom stereocenters. The van der Waals surface area contributed by atoms with Crippen molar-refractivity contribution in [3.63, 3.8) is 0 Å². The second-order valence-corrected chi connectivity index (χ2v) is 5.31. The van der Waals surface area contributed by atoms with E-state index in [-0.39, 0.29) is 5.91 Å². The van der Waals surface area contributed by atoms with Crippen molar-refractivity contribution < 1.29 is 4.79 Å². The predicted octanol–water partition coefficient (Wildman–Crippen LogP) is 2.98. The van der Waals surface area contributed by atoms with Gasteiger partial charge in [-0.15, -0.1) is 0 Å². The number of amides is 1. The van der Waals surface area contributed by atoms with Gasteiger partial charge in [0.1, 0.15) is 11.0 Å². The molecule has 108 valence electrons. The summed E-state index contributed by atoms with van der Waals surface area (Å²) < 4.78 is 0. The van der Waals surface area contributed by atoms with Gasteiger partial charge < -0.3 is 10.2 Å². The first-order valence-electron chi connectivity index (χ1n) is 6.86. The van der Waals surface area contributed by atoms with Crippen LogP contribution >= 0.6 is 11.6 Å². The number of pyridine rings is 2. The van der Waals surface area contributed by atoms with Gasteiger partial charge in [0.05, 0.1) is 17.4 Å². The highest BCUT2D eigenvalue weighted by Crippen LogP contribution is 2.19. The summed E-state index contributed by atoms with van der Waals surface area (Å²) in [4.78, 5) is 22.6. The van der Waals surface area contributed by atoms with Crippen LogP contribution in [0.1, 0.15) is 23.2 Å². The second-order valence-electron chi connectivity index (χ2n) is 4.92. The molecule has 0 spiro atoms. The first-order chi connectivity index (χ1) is 10.2. The number of carbonyl (C=O) groups is 1. The first-order valence-corrected chi connectivity index (χ1v) is 7.24. The Hall–Kier alpha value is -2.14. The van der Waals surface area contributed by atoms with Crippen LogP contribution in [0.4, 0.5) is 11.5 Å². The van der Waals surface area contributed by atoms with Gasteiger partial charge in [-0.1, -0.05) is 11.6 Å². The summed E-state index contributed by atoms with van der Waals surface area (Å²) in [6.45, 7) is 2.10. The normalized spacial score (nSPS) is 14.2. The van der Waals surface area contributed by atoms with Crippen molar-refractivity contribution in [2.45, 2.75) is 12.8 Å². The fraction of sp³-hybridized carbons (Fsp3) is 0.267. The fourth-order valence-corrected chi connectivity index (χ4v) is 2.42. The molecule has 0 saturated carbocycles. The van der Waals surface area contributed by atoms with Gasteiger partial charge in [0.15, 0.2) is 0 Å². The zero-order valence-corrected chi connectivity index (χ0v) is 12.2. The third kappa shape index (κ3) is 3.31. The van der Waals surface area contributed by atoms with Gasteiger partial charge in [-0.25, -0.2) is 9.97 Å². The van der Waals surface area contributed by atoms with E-state index in [4.69, 9.17) is 11.6 Å². The van der Waals surface area contributed by atoms with Crippen LogP contribution in [0.3, 0.4) is 0 Å². The molecule has 1 saturated heterocycles. The standard InChI is InChI=1S/C15H15ClN4O/c16-13-5-3-11(9-17-13)15(21)19-12-4-6-14(18-10-12)20-7-1-2-8-20/h3-6,9-10H,1-2,7-8H2,(H,19,21). The number of anilines is 2. The van der Waals surface area contributed by atoms with Crippen molar-refractivity contribution in [2.24, 2.45) is 0 Å². The Morgan fingerprint density at radius 2 is 1.90 bits per heavy atom. The third-order valence-corrected chi connectivity index (χ3v) is 3.65. The second kappa shape index (κ2) is 6.10. The zero-order chi connectivity index (χ0) is 14.7. The molecule has 0 atom stereocenters. The molecule has 2 aromatic heterocycles. The number of nitrogens with zero attached hydrogens (tertiary/aromatic N) is 3. The minimum absolute atomic E-state index is 0.227. The first kappa shape index (κ1) is 13.8. The van der Waals surface area contributed by atoms with Crippen LogP contribution in [-0.4, -0.2) is 29.0 Å². The Morgan fingerprint density at radius 1 is 1.10 bits per heavy atom. The maximum atomic E-state index is 12.0. The molecule has 2 aromatic rings. The Labute approximate surface area is 128 Å². The van der Waals surface area contributed by atoms with Crippen LogP contribution < -0.4 is 10.2 Å². The molecule has 5 nitrogen and oxygen atoms in total. The molecule has 6 heteroatoms. The lowest BCUT2D eigenvalue weighted by Crippen LogP contribution is -2.19. The van der Waals surface area contributed by atoms with E-state index in [9.17, 15) is 4.79 Å². The van der Waals surface area contributed by atoms with Crippen molar-refractivity contribution in [2.75, 3.05) is 23.3 Å². The van der Waals surface area contributed by atoms with E-state index >= 15 is 0 Å². The Balaban J connectivity index is 1.67. The summed E-state index contributed by atoms with van der Waals surface area (Å²) in [5, 5.41) is 3.16. The van der Waals surface area contributed by atoms with E-state index in [0.29, 0.717) is 16.4 Å². The van der Waals surface area contributed by atoms with Crippen LogP contribution in [0.15, 0.2) is 36.7 Å². The van der Waals surface area contributed by atoms with Crippen molar-refractivity contribution in [1.29, 1.82) is 0 Å². The molecule has 3 heterocycles. The zero-order valence-electron chi connectivity index (χ0n) is 11.4. The van der Waals surface area contributed by atoms with Crippen molar-refractivity contribution in [3.05, 3.63) is 47.4 Å². The molecule has 0 bridgehead atoms. The smallest absolute Gasteiger partial charge is 0.257 e. The molecule has 1 amide bonds. The fourth-order valence-electron chi connectivity index (χ4n) is 2.31. The van der Waals surface area contributed by atoms with Gasteiger partial charge in [0.2, 0.25) is 0 Å². The molecule has 0 aliphatic carbocycles. The van der Waals surface area contributed by atoms with Gasteiger partial charge in [-0.05, 0) is 37.1 Å². The monoisotopic (exact) mass is 302 g/mol. The Bertz CT molecular complexity index is 621. The molecule has 3 rings (SSSR count). The predicted molar refractivity (Wildman–Crippen MR) is 82.9 cm³/mol. The van der Waals surface area contributed by atoms with E-state index in [2.05, 4.69) is 20.2 Å². The van der Waals surface area contributed by atoms with Crippen molar-refractivity contribution in [3.8, 4) is 0 Å². The molecule has 1 aliphatic rings. The summed E-state index contributed by atoms with van der Waals surface area (Å²) in [5.74, 6) is 0.730. The van der Waals surface area contributed by atoms with E-state index in [1.807, 2.05) is 12.1 Å². The van der Waals surface area contributed by atoms with E-state index in [1.54, 1.807) is 18.3 Å². The van der Waals surface area contributed by atoms with E-state index in [1.165, 1.54) is 19.0 Å². The largest absolute Gasteiger partial charge is 0.357 e.